The minimum atomic E-state index is -1.00. The molecule has 1 atom stereocenters. The van der Waals surface area contributed by atoms with Crippen molar-refractivity contribution in [3.05, 3.63) is 60.0 Å². The molecule has 1 unspecified atom stereocenters. The first-order valence-corrected chi connectivity index (χ1v) is 9.55. The summed E-state index contributed by atoms with van der Waals surface area (Å²) in [6.45, 7) is 2.28. The zero-order valence-electron chi connectivity index (χ0n) is 16.5. The van der Waals surface area contributed by atoms with Gasteiger partial charge in [0.1, 0.15) is 11.6 Å². The van der Waals surface area contributed by atoms with Crippen molar-refractivity contribution in [2.24, 2.45) is 5.16 Å². The quantitative estimate of drug-likeness (QED) is 0.623. The molecule has 1 amide bonds. The summed E-state index contributed by atoms with van der Waals surface area (Å²) in [6.07, 6.45) is 3.83. The molecule has 3 aromatic rings. The highest BCUT2D eigenvalue weighted by Gasteiger charge is 2.42. The van der Waals surface area contributed by atoms with Crippen LogP contribution in [0.2, 0.25) is 0 Å². The molecule has 0 saturated carbocycles. The van der Waals surface area contributed by atoms with Gasteiger partial charge in [-0.2, -0.15) is 0 Å². The van der Waals surface area contributed by atoms with Gasteiger partial charge < -0.3 is 14.9 Å². The molecule has 0 saturated heterocycles. The van der Waals surface area contributed by atoms with E-state index in [1.807, 2.05) is 53.1 Å². The van der Waals surface area contributed by atoms with Gasteiger partial charge in [0.15, 0.2) is 5.65 Å². The van der Waals surface area contributed by atoms with Crippen molar-refractivity contribution in [1.29, 1.82) is 0 Å². The van der Waals surface area contributed by atoms with Gasteiger partial charge in [0.2, 0.25) is 5.60 Å². The number of hydrogen-bond donors (Lipinski definition) is 1. The fourth-order valence-corrected chi connectivity index (χ4v) is 3.30. The van der Waals surface area contributed by atoms with Crippen LogP contribution in [0.3, 0.4) is 0 Å². The number of nitrogens with one attached hydrogen (secondary N) is 1. The predicted octanol–water partition coefficient (Wildman–Crippen LogP) is 2.37. The lowest BCUT2D eigenvalue weighted by atomic mass is 9.95. The molecule has 4 rings (SSSR count). The molecule has 0 radical (unpaired) electrons. The summed E-state index contributed by atoms with van der Waals surface area (Å²) in [4.78, 5) is 18.2. The molecular weight excluding hydrogens is 370 g/mol. The summed E-state index contributed by atoms with van der Waals surface area (Å²) >= 11 is 0. The molecule has 150 valence electrons. The van der Waals surface area contributed by atoms with Crippen LogP contribution in [0.25, 0.3) is 5.65 Å². The minimum Gasteiger partial charge on any atom is -0.497 e. The lowest BCUT2D eigenvalue weighted by Gasteiger charge is -2.20. The molecule has 1 N–H and O–H groups in total. The van der Waals surface area contributed by atoms with E-state index >= 15 is 0 Å². The average Bonchev–Trinajstić information content (AvgIpc) is 3.36. The monoisotopic (exact) mass is 393 g/mol. The highest BCUT2D eigenvalue weighted by molar-refractivity contribution is 6.05. The van der Waals surface area contributed by atoms with Gasteiger partial charge >= 0.3 is 0 Å². The largest absolute Gasteiger partial charge is 0.497 e. The molecular formula is C21H23N5O3. The van der Waals surface area contributed by atoms with Gasteiger partial charge in [-0.3, -0.25) is 9.20 Å². The van der Waals surface area contributed by atoms with Gasteiger partial charge in [0, 0.05) is 25.6 Å². The maximum Gasteiger partial charge on any atom is 0.267 e. The Bertz CT molecular complexity index is 1040. The van der Waals surface area contributed by atoms with E-state index in [0.29, 0.717) is 13.0 Å². The van der Waals surface area contributed by atoms with Crippen LogP contribution in [0.4, 0.5) is 0 Å². The zero-order valence-corrected chi connectivity index (χ0v) is 16.5. The maximum atomic E-state index is 12.7. The second kappa shape index (κ2) is 7.90. The molecule has 29 heavy (non-hydrogen) atoms. The fraction of sp³-hybridized carbons (Fsp3) is 0.333. The van der Waals surface area contributed by atoms with Crippen LogP contribution < -0.4 is 10.1 Å². The SMILES string of the molecule is COc1ccc(C2=NOC(C)(C(=O)NCCCc3nnc4ccccn34)C2)cc1. The Labute approximate surface area is 168 Å². The summed E-state index contributed by atoms with van der Waals surface area (Å²) in [5.41, 5.74) is 1.49. The summed E-state index contributed by atoms with van der Waals surface area (Å²) < 4.78 is 7.13. The van der Waals surface area contributed by atoms with Crippen molar-refractivity contribution < 1.29 is 14.4 Å². The van der Waals surface area contributed by atoms with Crippen molar-refractivity contribution in [3.63, 3.8) is 0 Å². The van der Waals surface area contributed by atoms with E-state index in [-0.39, 0.29) is 5.91 Å². The number of aryl methyl sites for hydroxylation is 1. The van der Waals surface area contributed by atoms with Gasteiger partial charge in [-0.05, 0) is 55.3 Å². The van der Waals surface area contributed by atoms with Crippen molar-refractivity contribution in [2.75, 3.05) is 13.7 Å². The number of carbonyl (C=O) groups is 1. The molecule has 0 spiro atoms. The van der Waals surface area contributed by atoms with Crippen LogP contribution in [0.5, 0.6) is 5.75 Å². The molecule has 1 aliphatic heterocycles. The Balaban J connectivity index is 1.28. The fourth-order valence-electron chi connectivity index (χ4n) is 3.30. The second-order valence-electron chi connectivity index (χ2n) is 7.17. The van der Waals surface area contributed by atoms with E-state index in [1.165, 1.54) is 0 Å². The van der Waals surface area contributed by atoms with Crippen LogP contribution in [0.15, 0.2) is 53.8 Å². The molecule has 2 aromatic heterocycles. The number of nitrogens with zero attached hydrogens (tertiary/aromatic N) is 4. The van der Waals surface area contributed by atoms with E-state index < -0.39 is 5.60 Å². The predicted molar refractivity (Wildman–Crippen MR) is 108 cm³/mol. The Hall–Kier alpha value is -3.42. The van der Waals surface area contributed by atoms with Gasteiger partial charge in [0.25, 0.3) is 5.91 Å². The van der Waals surface area contributed by atoms with Crippen LogP contribution in [0, 0.1) is 0 Å². The number of oxime groups is 1. The van der Waals surface area contributed by atoms with E-state index in [0.717, 1.165) is 41.3 Å². The van der Waals surface area contributed by atoms with Gasteiger partial charge in [-0.25, -0.2) is 0 Å². The first-order valence-electron chi connectivity index (χ1n) is 9.55. The number of ether oxygens (including phenoxy) is 1. The van der Waals surface area contributed by atoms with E-state index in [4.69, 9.17) is 9.57 Å². The maximum absolute atomic E-state index is 12.7. The molecule has 8 nitrogen and oxygen atoms in total. The molecule has 0 bridgehead atoms. The molecule has 1 aromatic carbocycles. The van der Waals surface area contributed by atoms with Crippen LogP contribution >= 0.6 is 0 Å². The van der Waals surface area contributed by atoms with Crippen molar-refractivity contribution in [1.82, 2.24) is 19.9 Å². The van der Waals surface area contributed by atoms with E-state index in [1.54, 1.807) is 14.0 Å². The lowest BCUT2D eigenvalue weighted by molar-refractivity contribution is -0.141. The van der Waals surface area contributed by atoms with Gasteiger partial charge in [-0.15, -0.1) is 10.2 Å². The molecule has 8 heteroatoms. The normalized spacial score (nSPS) is 18.3. The number of benzene rings is 1. The highest BCUT2D eigenvalue weighted by atomic mass is 16.7. The van der Waals surface area contributed by atoms with Crippen LogP contribution in [-0.2, 0) is 16.1 Å². The third-order valence-electron chi connectivity index (χ3n) is 5.01. The van der Waals surface area contributed by atoms with E-state index in [9.17, 15) is 4.79 Å². The summed E-state index contributed by atoms with van der Waals surface area (Å²) in [7, 11) is 1.62. The topological polar surface area (TPSA) is 90.1 Å². The third kappa shape index (κ3) is 3.91. The van der Waals surface area contributed by atoms with Crippen molar-refractivity contribution in [3.8, 4) is 5.75 Å². The first kappa shape index (κ1) is 18.9. The number of amides is 1. The number of hydrogen-bond acceptors (Lipinski definition) is 6. The number of fused-ring (bicyclic) bond motifs is 1. The summed E-state index contributed by atoms with van der Waals surface area (Å²) in [5, 5.41) is 15.4. The Morgan fingerprint density at radius 3 is 2.86 bits per heavy atom. The first-order chi connectivity index (χ1) is 14.1. The average molecular weight is 393 g/mol. The standard InChI is InChI=1S/C21H23N5O3/c1-21(14-17(25-29-21)15-8-10-16(28-2)11-9-15)20(27)22-12-5-7-19-24-23-18-6-3-4-13-26(18)19/h3-4,6,8-11,13H,5,7,12,14H2,1-2H3,(H,22,27). The minimum absolute atomic E-state index is 0.170. The Morgan fingerprint density at radius 2 is 2.07 bits per heavy atom. The number of aromatic nitrogens is 3. The van der Waals surface area contributed by atoms with Crippen molar-refractivity contribution in [2.45, 2.75) is 31.8 Å². The van der Waals surface area contributed by atoms with Crippen LogP contribution in [0.1, 0.15) is 31.2 Å². The van der Waals surface area contributed by atoms with Gasteiger partial charge in [-0.1, -0.05) is 11.2 Å². The number of pyridine rings is 1. The zero-order chi connectivity index (χ0) is 20.3. The molecule has 3 heterocycles. The smallest absolute Gasteiger partial charge is 0.267 e. The summed E-state index contributed by atoms with van der Waals surface area (Å²) in [5.74, 6) is 1.48. The molecule has 0 fully saturated rings. The number of methoxy groups -OCH3 is 1. The lowest BCUT2D eigenvalue weighted by Crippen LogP contribution is -2.45. The number of carbonyl (C=O) groups excluding carboxylic acids is 1. The Kier molecular flexibility index (Phi) is 5.16. The van der Waals surface area contributed by atoms with Gasteiger partial charge in [0.05, 0.1) is 12.8 Å². The van der Waals surface area contributed by atoms with Crippen LogP contribution in [-0.4, -0.2) is 45.5 Å². The third-order valence-corrected chi connectivity index (χ3v) is 5.01. The van der Waals surface area contributed by atoms with E-state index in [2.05, 4.69) is 20.7 Å². The number of rotatable bonds is 7. The summed E-state index contributed by atoms with van der Waals surface area (Å²) in [6, 6.07) is 13.3. The molecule has 0 aliphatic carbocycles. The Morgan fingerprint density at radius 1 is 1.24 bits per heavy atom. The highest BCUT2D eigenvalue weighted by Crippen LogP contribution is 2.27. The second-order valence-corrected chi connectivity index (χ2v) is 7.17. The van der Waals surface area contributed by atoms with Crippen molar-refractivity contribution >= 4 is 17.3 Å². The molecule has 1 aliphatic rings.